The van der Waals surface area contributed by atoms with E-state index in [-0.39, 0.29) is 17.9 Å². The highest BCUT2D eigenvalue weighted by molar-refractivity contribution is 5.81. The van der Waals surface area contributed by atoms with Crippen LogP contribution in [0.25, 0.3) is 0 Å². The number of cyclic esters (lactones) is 1. The van der Waals surface area contributed by atoms with Crippen LogP contribution in [0.2, 0.25) is 0 Å². The van der Waals surface area contributed by atoms with Crippen LogP contribution in [0.5, 0.6) is 0 Å². The summed E-state index contributed by atoms with van der Waals surface area (Å²) in [7, 11) is 0. The number of hydrogen-bond acceptors (Lipinski definition) is 4. The number of fused-ring (bicyclic) bond motifs is 9. The molecule has 1 heterocycles. The van der Waals surface area contributed by atoms with Gasteiger partial charge in [0, 0.05) is 6.42 Å². The van der Waals surface area contributed by atoms with Crippen molar-refractivity contribution in [1.29, 1.82) is 0 Å². The molecule has 4 heteroatoms. The van der Waals surface area contributed by atoms with Crippen LogP contribution in [0, 0.1) is 41.4 Å². The Bertz CT molecular complexity index is 501. The van der Waals surface area contributed by atoms with Crippen molar-refractivity contribution >= 4 is 11.9 Å². The van der Waals surface area contributed by atoms with Gasteiger partial charge in [0.1, 0.15) is 0 Å². The Kier molecular flexibility index (Phi) is 2.52. The van der Waals surface area contributed by atoms with E-state index >= 15 is 0 Å². The first-order chi connectivity index (χ1) is 10.2. The van der Waals surface area contributed by atoms with Gasteiger partial charge in [-0.1, -0.05) is 0 Å². The van der Waals surface area contributed by atoms with Gasteiger partial charge in [-0.25, -0.2) is 4.79 Å². The molecule has 5 fully saturated rings. The van der Waals surface area contributed by atoms with Crippen LogP contribution in [0.1, 0.15) is 38.5 Å². The monoisotopic (exact) mass is 290 g/mol. The van der Waals surface area contributed by atoms with Crippen molar-refractivity contribution in [1.82, 2.24) is 0 Å². The van der Waals surface area contributed by atoms with Crippen molar-refractivity contribution in [3.05, 3.63) is 0 Å². The molecule has 0 aromatic rings. The fourth-order valence-electron chi connectivity index (χ4n) is 6.65. The fourth-order valence-corrected chi connectivity index (χ4v) is 6.65. The van der Waals surface area contributed by atoms with Gasteiger partial charge in [0.15, 0.2) is 0 Å². The zero-order chi connectivity index (χ0) is 14.1. The molecule has 0 spiro atoms. The number of hydrogen-bond donors (Lipinski definition) is 0. The van der Waals surface area contributed by atoms with E-state index in [2.05, 4.69) is 0 Å². The molecule has 8 unspecified atom stereocenters. The molecule has 4 saturated carbocycles. The Hall–Kier alpha value is -1.06. The average molecular weight is 290 g/mol. The lowest BCUT2D eigenvalue weighted by Crippen LogP contribution is -2.38. The van der Waals surface area contributed by atoms with E-state index in [0.717, 1.165) is 36.0 Å². The molecule has 1 aliphatic heterocycles. The largest absolute Gasteiger partial charge is 0.463 e. The fraction of sp³-hybridized carbons (Fsp3) is 0.882. The topological polar surface area (TPSA) is 52.6 Å². The van der Waals surface area contributed by atoms with Crippen LogP contribution < -0.4 is 0 Å². The summed E-state index contributed by atoms with van der Waals surface area (Å²) in [4.78, 5) is 24.0. The van der Waals surface area contributed by atoms with Gasteiger partial charge >= 0.3 is 11.9 Å². The van der Waals surface area contributed by atoms with Gasteiger partial charge in [0.05, 0.1) is 12.5 Å². The van der Waals surface area contributed by atoms with Gasteiger partial charge in [-0.05, 0) is 67.6 Å². The second-order valence-corrected chi connectivity index (χ2v) is 7.87. The van der Waals surface area contributed by atoms with Crippen molar-refractivity contribution in [3.63, 3.8) is 0 Å². The van der Waals surface area contributed by atoms with Crippen molar-refractivity contribution in [2.45, 2.75) is 44.6 Å². The van der Waals surface area contributed by atoms with Crippen molar-refractivity contribution < 1.29 is 19.1 Å². The molecule has 114 valence electrons. The maximum atomic E-state index is 12.5. The summed E-state index contributed by atoms with van der Waals surface area (Å²) in [6.45, 7) is 0.391. The predicted octanol–water partition coefficient (Wildman–Crippen LogP) is 2.16. The quantitative estimate of drug-likeness (QED) is 0.578. The summed E-state index contributed by atoms with van der Waals surface area (Å²) in [5, 5.41) is 0. The second-order valence-electron chi connectivity index (χ2n) is 7.87. The Morgan fingerprint density at radius 3 is 2.57 bits per heavy atom. The molecule has 8 atom stereocenters. The number of carbonyl (C=O) groups excluding carboxylic acids is 2. The van der Waals surface area contributed by atoms with Crippen LogP contribution in [-0.2, 0) is 19.1 Å². The Labute approximate surface area is 124 Å². The van der Waals surface area contributed by atoms with E-state index in [0.29, 0.717) is 18.9 Å². The molecule has 4 nitrogen and oxygen atoms in total. The summed E-state index contributed by atoms with van der Waals surface area (Å²) in [6.07, 6.45) is 6.37. The van der Waals surface area contributed by atoms with E-state index in [4.69, 9.17) is 9.47 Å². The first kappa shape index (κ1) is 12.5. The summed E-state index contributed by atoms with van der Waals surface area (Å²) in [5.41, 5.74) is 0. The molecule has 4 aliphatic carbocycles. The minimum absolute atomic E-state index is 0.0593. The normalized spacial score (nSPS) is 53.0. The van der Waals surface area contributed by atoms with E-state index in [1.54, 1.807) is 0 Å². The Morgan fingerprint density at radius 2 is 1.81 bits per heavy atom. The summed E-state index contributed by atoms with van der Waals surface area (Å²) < 4.78 is 10.4. The maximum absolute atomic E-state index is 12.5. The number of rotatable bonds is 2. The van der Waals surface area contributed by atoms with Gasteiger partial charge in [0.2, 0.25) is 6.10 Å². The lowest BCUT2D eigenvalue weighted by molar-refractivity contribution is -0.165. The Morgan fingerprint density at radius 1 is 1.00 bits per heavy atom. The van der Waals surface area contributed by atoms with Crippen molar-refractivity contribution in [2.24, 2.45) is 41.4 Å². The molecule has 0 N–H and O–H groups in total. The molecule has 21 heavy (non-hydrogen) atoms. The lowest BCUT2D eigenvalue weighted by Gasteiger charge is -2.37. The van der Waals surface area contributed by atoms with Crippen molar-refractivity contribution in [2.75, 3.05) is 6.61 Å². The van der Waals surface area contributed by atoms with E-state index in [1.807, 2.05) is 0 Å². The third-order valence-electron chi connectivity index (χ3n) is 7.18. The summed E-state index contributed by atoms with van der Waals surface area (Å²) in [6, 6.07) is 0. The maximum Gasteiger partial charge on any atom is 0.347 e. The van der Waals surface area contributed by atoms with E-state index in [9.17, 15) is 9.59 Å². The van der Waals surface area contributed by atoms with Gasteiger partial charge in [-0.15, -0.1) is 0 Å². The predicted molar refractivity (Wildman–Crippen MR) is 73.0 cm³/mol. The molecule has 0 aromatic heterocycles. The van der Waals surface area contributed by atoms with Gasteiger partial charge in [-0.2, -0.15) is 0 Å². The molecule has 0 amide bonds. The Balaban J connectivity index is 1.31. The summed E-state index contributed by atoms with van der Waals surface area (Å²) in [5.74, 6) is 4.41. The van der Waals surface area contributed by atoms with E-state index < -0.39 is 6.10 Å². The van der Waals surface area contributed by atoms with Crippen LogP contribution in [0.3, 0.4) is 0 Å². The molecule has 5 rings (SSSR count). The van der Waals surface area contributed by atoms with Gasteiger partial charge in [-0.3, -0.25) is 4.79 Å². The van der Waals surface area contributed by atoms with E-state index in [1.165, 1.54) is 25.7 Å². The minimum atomic E-state index is -0.632. The van der Waals surface area contributed by atoms with Crippen LogP contribution in [0.15, 0.2) is 0 Å². The smallest absolute Gasteiger partial charge is 0.347 e. The molecule has 1 saturated heterocycles. The zero-order valence-electron chi connectivity index (χ0n) is 12.2. The van der Waals surface area contributed by atoms with Crippen LogP contribution >= 0.6 is 0 Å². The SMILES string of the molecule is O=C1OCCC1OC(=O)C1CC2CC1C1C3CCC(C3)C21. The van der Waals surface area contributed by atoms with Crippen molar-refractivity contribution in [3.8, 4) is 0 Å². The number of ether oxygens (including phenoxy) is 2. The second kappa shape index (κ2) is 4.23. The van der Waals surface area contributed by atoms with Gasteiger partial charge in [0.25, 0.3) is 0 Å². The first-order valence-electron chi connectivity index (χ1n) is 8.59. The highest BCUT2D eigenvalue weighted by Gasteiger charge is 2.63. The molecule has 5 aliphatic rings. The zero-order valence-corrected chi connectivity index (χ0v) is 12.2. The third-order valence-corrected chi connectivity index (χ3v) is 7.18. The minimum Gasteiger partial charge on any atom is -0.463 e. The van der Waals surface area contributed by atoms with Gasteiger partial charge < -0.3 is 9.47 Å². The number of esters is 2. The molecular formula is C17H22O4. The number of carbonyl (C=O) groups is 2. The molecular weight excluding hydrogens is 268 g/mol. The highest BCUT2D eigenvalue weighted by atomic mass is 16.6. The van der Waals surface area contributed by atoms with Crippen LogP contribution in [-0.4, -0.2) is 24.6 Å². The molecule has 4 bridgehead atoms. The third kappa shape index (κ3) is 1.62. The first-order valence-corrected chi connectivity index (χ1v) is 8.59. The van der Waals surface area contributed by atoms with Crippen LogP contribution in [0.4, 0.5) is 0 Å². The lowest BCUT2D eigenvalue weighted by atomic mass is 9.67. The molecule has 0 radical (unpaired) electrons. The average Bonchev–Trinajstić information content (AvgIpc) is 3.24. The summed E-state index contributed by atoms with van der Waals surface area (Å²) >= 11 is 0. The standard InChI is InChI=1S/C17H22O4/c18-16(21-13-3-4-20-17(13)19)12-7-10-6-11(12)15-9-2-1-8(5-9)14(10)15/h8-15H,1-7H2. The molecule has 0 aromatic carbocycles. The highest BCUT2D eigenvalue weighted by Crippen LogP contribution is 2.68.